The molecule has 0 radical (unpaired) electrons. The van der Waals surface area contributed by atoms with Gasteiger partial charge in [0.05, 0.1) is 6.04 Å². The van der Waals surface area contributed by atoms with E-state index < -0.39 is 0 Å². The largest absolute Gasteiger partial charge is 0.444 e. The molecule has 3 nitrogen and oxygen atoms in total. The fourth-order valence-corrected chi connectivity index (χ4v) is 2.69. The van der Waals surface area contributed by atoms with Crippen LogP contribution in [0, 0.1) is 0 Å². The summed E-state index contributed by atoms with van der Waals surface area (Å²) in [5.74, 6) is 0. The Hall–Kier alpha value is -1.51. The van der Waals surface area contributed by atoms with E-state index in [0.29, 0.717) is 12.6 Å². The summed E-state index contributed by atoms with van der Waals surface area (Å²) in [6, 6.07) is 10.4. The molecule has 0 aromatic heterocycles. The number of hydrogen-bond acceptors (Lipinski definition) is 2. The van der Waals surface area contributed by atoms with E-state index in [4.69, 9.17) is 4.74 Å². The molecule has 0 unspecified atom stereocenters. The highest BCUT2D eigenvalue weighted by atomic mass is 16.6. The molecule has 1 aromatic carbocycles. The smallest absolute Gasteiger partial charge is 0.410 e. The lowest BCUT2D eigenvalue weighted by Crippen LogP contribution is -2.33. The molecule has 2 atom stereocenters. The van der Waals surface area contributed by atoms with Gasteiger partial charge in [0.25, 0.3) is 0 Å². The third-order valence-corrected chi connectivity index (χ3v) is 3.50. The maximum absolute atomic E-state index is 11.7. The van der Waals surface area contributed by atoms with Crippen molar-refractivity contribution in [2.75, 3.05) is 0 Å². The van der Waals surface area contributed by atoms with Gasteiger partial charge >= 0.3 is 6.09 Å². The molecule has 0 N–H and O–H groups in total. The van der Waals surface area contributed by atoms with Gasteiger partial charge in [0.1, 0.15) is 6.10 Å². The lowest BCUT2D eigenvalue weighted by molar-refractivity contribution is 0.130. The Morgan fingerprint density at radius 1 is 1.25 bits per heavy atom. The molecule has 16 heavy (non-hydrogen) atoms. The van der Waals surface area contributed by atoms with Crippen LogP contribution in [0.2, 0.25) is 0 Å². The molecule has 1 aliphatic carbocycles. The van der Waals surface area contributed by atoms with Crippen molar-refractivity contribution in [1.29, 1.82) is 0 Å². The minimum Gasteiger partial charge on any atom is -0.444 e. The summed E-state index contributed by atoms with van der Waals surface area (Å²) >= 11 is 0. The second kappa shape index (κ2) is 3.81. The van der Waals surface area contributed by atoms with Crippen LogP contribution in [0.25, 0.3) is 0 Å². The van der Waals surface area contributed by atoms with Crippen LogP contribution in [0.5, 0.6) is 0 Å². The zero-order valence-electron chi connectivity index (χ0n) is 9.13. The molecular formula is C13H15NO2. The van der Waals surface area contributed by atoms with Crippen LogP contribution in [0.4, 0.5) is 4.79 Å². The van der Waals surface area contributed by atoms with Gasteiger partial charge in [-0.15, -0.1) is 0 Å². The van der Waals surface area contributed by atoms with Crippen LogP contribution in [-0.4, -0.2) is 23.1 Å². The summed E-state index contributed by atoms with van der Waals surface area (Å²) in [5.41, 5.74) is 1.17. The Morgan fingerprint density at radius 3 is 2.88 bits per heavy atom. The van der Waals surface area contributed by atoms with Crippen molar-refractivity contribution < 1.29 is 9.53 Å². The van der Waals surface area contributed by atoms with Crippen molar-refractivity contribution in [2.45, 2.75) is 38.0 Å². The second-order valence-corrected chi connectivity index (χ2v) is 4.53. The highest BCUT2D eigenvalue weighted by molar-refractivity contribution is 5.71. The van der Waals surface area contributed by atoms with Crippen molar-refractivity contribution in [2.24, 2.45) is 0 Å². The molecule has 0 bridgehead atoms. The molecule has 1 amide bonds. The number of amides is 1. The monoisotopic (exact) mass is 217 g/mol. The summed E-state index contributed by atoms with van der Waals surface area (Å²) in [7, 11) is 0. The van der Waals surface area contributed by atoms with Crippen LogP contribution in [0.1, 0.15) is 24.8 Å². The van der Waals surface area contributed by atoms with Gasteiger partial charge in [0, 0.05) is 6.54 Å². The molecule has 2 aliphatic rings. The number of carbonyl (C=O) groups is 1. The Balaban J connectivity index is 1.77. The molecule has 84 valence electrons. The first-order chi connectivity index (χ1) is 7.84. The number of ether oxygens (including phenoxy) is 1. The van der Waals surface area contributed by atoms with E-state index in [1.807, 2.05) is 23.1 Å². The van der Waals surface area contributed by atoms with E-state index in [1.165, 1.54) is 12.0 Å². The number of fused-ring (bicyclic) bond motifs is 1. The molecular weight excluding hydrogens is 202 g/mol. The molecule has 1 saturated heterocycles. The van der Waals surface area contributed by atoms with E-state index in [1.54, 1.807) is 0 Å². The maximum Gasteiger partial charge on any atom is 0.410 e. The normalized spacial score (nSPS) is 28.0. The van der Waals surface area contributed by atoms with Crippen molar-refractivity contribution in [3.8, 4) is 0 Å². The number of rotatable bonds is 2. The van der Waals surface area contributed by atoms with Crippen molar-refractivity contribution in [1.82, 2.24) is 4.90 Å². The molecule has 1 aromatic rings. The molecule has 0 spiro atoms. The maximum atomic E-state index is 11.7. The van der Waals surface area contributed by atoms with Crippen molar-refractivity contribution >= 4 is 6.09 Å². The van der Waals surface area contributed by atoms with E-state index in [0.717, 1.165) is 12.8 Å². The molecule has 1 heterocycles. The Bertz CT molecular complexity index is 390. The fourth-order valence-electron chi connectivity index (χ4n) is 2.69. The lowest BCUT2D eigenvalue weighted by atomic mass is 10.1. The van der Waals surface area contributed by atoms with Gasteiger partial charge in [-0.25, -0.2) is 4.79 Å². The number of nitrogens with zero attached hydrogens (tertiary/aromatic N) is 1. The average molecular weight is 217 g/mol. The third-order valence-electron chi connectivity index (χ3n) is 3.50. The van der Waals surface area contributed by atoms with Gasteiger partial charge in [0.15, 0.2) is 0 Å². The third kappa shape index (κ3) is 1.56. The lowest BCUT2D eigenvalue weighted by Gasteiger charge is -2.19. The molecule has 3 rings (SSSR count). The standard InChI is InChI=1S/C13H15NO2/c15-13-14(9-10-5-2-1-3-6-10)11-7-4-8-12(11)16-13/h1-3,5-6,11-12H,4,7-9H2/t11-,12+/m0/s1. The quantitative estimate of drug-likeness (QED) is 0.762. The number of hydrogen-bond donors (Lipinski definition) is 0. The van der Waals surface area contributed by atoms with Crippen LogP contribution in [0.3, 0.4) is 0 Å². The molecule has 2 fully saturated rings. The zero-order chi connectivity index (χ0) is 11.0. The van der Waals surface area contributed by atoms with Crippen LogP contribution < -0.4 is 0 Å². The molecule has 1 aliphatic heterocycles. The van der Waals surface area contributed by atoms with Gasteiger partial charge < -0.3 is 4.74 Å². The molecule has 1 saturated carbocycles. The first-order valence-corrected chi connectivity index (χ1v) is 5.86. The van der Waals surface area contributed by atoms with E-state index >= 15 is 0 Å². The van der Waals surface area contributed by atoms with Crippen LogP contribution >= 0.6 is 0 Å². The fraction of sp³-hybridized carbons (Fsp3) is 0.462. The van der Waals surface area contributed by atoms with Crippen molar-refractivity contribution in [3.05, 3.63) is 35.9 Å². The minimum absolute atomic E-state index is 0.140. The van der Waals surface area contributed by atoms with E-state index in [-0.39, 0.29) is 12.2 Å². The van der Waals surface area contributed by atoms with Gasteiger partial charge in [0.2, 0.25) is 0 Å². The van der Waals surface area contributed by atoms with Gasteiger partial charge in [-0.3, -0.25) is 4.90 Å². The highest BCUT2D eigenvalue weighted by Gasteiger charge is 2.44. The predicted molar refractivity (Wildman–Crippen MR) is 59.9 cm³/mol. The SMILES string of the molecule is O=C1O[C@@H]2CCC[C@@H]2N1Cc1ccccc1. The second-order valence-electron chi connectivity index (χ2n) is 4.53. The average Bonchev–Trinajstić information content (AvgIpc) is 2.84. The summed E-state index contributed by atoms with van der Waals surface area (Å²) in [6.45, 7) is 0.681. The zero-order valence-corrected chi connectivity index (χ0v) is 9.13. The van der Waals surface area contributed by atoms with Crippen LogP contribution in [0.15, 0.2) is 30.3 Å². The number of carbonyl (C=O) groups excluding carboxylic acids is 1. The van der Waals surface area contributed by atoms with E-state index in [9.17, 15) is 4.79 Å². The Kier molecular flexibility index (Phi) is 2.31. The summed E-state index contributed by atoms with van der Waals surface area (Å²) in [4.78, 5) is 13.6. The van der Waals surface area contributed by atoms with Gasteiger partial charge in [-0.05, 0) is 24.8 Å². The Morgan fingerprint density at radius 2 is 2.06 bits per heavy atom. The first kappa shape index (κ1) is 9.70. The summed E-state index contributed by atoms with van der Waals surface area (Å²) in [5, 5.41) is 0. The van der Waals surface area contributed by atoms with E-state index in [2.05, 4.69) is 12.1 Å². The highest BCUT2D eigenvalue weighted by Crippen LogP contribution is 2.33. The number of benzene rings is 1. The van der Waals surface area contributed by atoms with Gasteiger partial charge in [-0.1, -0.05) is 30.3 Å². The van der Waals surface area contributed by atoms with Crippen LogP contribution in [-0.2, 0) is 11.3 Å². The molecule has 3 heteroatoms. The minimum atomic E-state index is -0.140. The summed E-state index contributed by atoms with van der Waals surface area (Å²) in [6.07, 6.45) is 3.30. The first-order valence-electron chi connectivity index (χ1n) is 5.86. The predicted octanol–water partition coefficient (Wildman–Crippen LogP) is 2.56. The summed E-state index contributed by atoms with van der Waals surface area (Å²) < 4.78 is 5.36. The Labute approximate surface area is 95.0 Å². The van der Waals surface area contributed by atoms with Gasteiger partial charge in [-0.2, -0.15) is 0 Å². The topological polar surface area (TPSA) is 29.5 Å². The van der Waals surface area contributed by atoms with Crippen molar-refractivity contribution in [3.63, 3.8) is 0 Å².